The molecule has 0 amide bonds. The molecule has 0 spiro atoms. The van der Waals surface area contributed by atoms with Gasteiger partial charge in [-0.15, -0.1) is 0 Å². The van der Waals surface area contributed by atoms with E-state index in [4.69, 9.17) is 4.74 Å². The maximum absolute atomic E-state index is 12.5. The van der Waals surface area contributed by atoms with Gasteiger partial charge in [-0.25, -0.2) is 12.7 Å². The van der Waals surface area contributed by atoms with Crippen molar-refractivity contribution in [3.63, 3.8) is 0 Å². The Morgan fingerprint density at radius 3 is 2.68 bits per heavy atom. The maximum atomic E-state index is 12.5. The van der Waals surface area contributed by atoms with Gasteiger partial charge in [-0.1, -0.05) is 17.7 Å². The molecule has 1 aliphatic rings. The molecule has 0 aliphatic carbocycles. The summed E-state index contributed by atoms with van der Waals surface area (Å²) < 4.78 is 31.8. The summed E-state index contributed by atoms with van der Waals surface area (Å²) in [6.07, 6.45) is 0.937. The highest BCUT2D eigenvalue weighted by atomic mass is 32.2. The van der Waals surface area contributed by atoms with E-state index in [2.05, 4.69) is 0 Å². The van der Waals surface area contributed by atoms with Crippen molar-refractivity contribution in [1.29, 1.82) is 0 Å². The minimum atomic E-state index is -3.40. The van der Waals surface area contributed by atoms with Gasteiger partial charge in [-0.3, -0.25) is 0 Å². The summed E-state index contributed by atoms with van der Waals surface area (Å²) in [6, 6.07) is 5.44. The van der Waals surface area contributed by atoms with Crippen molar-refractivity contribution in [2.24, 2.45) is 5.92 Å². The Kier molecular flexibility index (Phi) is 4.28. The van der Waals surface area contributed by atoms with Gasteiger partial charge in [0.05, 0.1) is 11.5 Å². The molecule has 1 aromatic carbocycles. The van der Waals surface area contributed by atoms with Crippen molar-refractivity contribution >= 4 is 10.0 Å². The molecule has 1 fully saturated rings. The van der Waals surface area contributed by atoms with Crippen LogP contribution in [0.5, 0.6) is 0 Å². The molecule has 0 N–H and O–H groups in total. The first-order valence-electron chi connectivity index (χ1n) is 6.52. The molecule has 0 radical (unpaired) electrons. The van der Waals surface area contributed by atoms with E-state index in [1.807, 2.05) is 26.0 Å². The van der Waals surface area contributed by atoms with Gasteiger partial charge in [0, 0.05) is 20.2 Å². The molecule has 2 rings (SSSR count). The first-order chi connectivity index (χ1) is 8.91. The highest BCUT2D eigenvalue weighted by Crippen LogP contribution is 2.22. The average molecular weight is 283 g/mol. The zero-order valence-corrected chi connectivity index (χ0v) is 12.5. The van der Waals surface area contributed by atoms with Gasteiger partial charge in [0.25, 0.3) is 0 Å². The van der Waals surface area contributed by atoms with E-state index in [-0.39, 0.29) is 0 Å². The summed E-state index contributed by atoms with van der Waals surface area (Å²) in [6.45, 7) is 5.72. The molecule has 4 nitrogen and oxygen atoms in total. The summed E-state index contributed by atoms with van der Waals surface area (Å²) in [5.74, 6) is 0.311. The summed E-state index contributed by atoms with van der Waals surface area (Å²) >= 11 is 0. The van der Waals surface area contributed by atoms with Crippen LogP contribution in [0.1, 0.15) is 17.5 Å². The standard InChI is InChI=1S/C14H21NO3S/c1-11-4-5-14(12(2)8-11)19(16,17)15(3)9-13-6-7-18-10-13/h4-5,8,13H,6-7,9-10H2,1-3H3. The summed E-state index contributed by atoms with van der Waals surface area (Å²) in [7, 11) is -1.75. The summed E-state index contributed by atoms with van der Waals surface area (Å²) in [4.78, 5) is 0.402. The van der Waals surface area contributed by atoms with Crippen molar-refractivity contribution < 1.29 is 13.2 Å². The van der Waals surface area contributed by atoms with Gasteiger partial charge in [0.2, 0.25) is 10.0 Å². The molecule has 0 bridgehead atoms. The van der Waals surface area contributed by atoms with Crippen LogP contribution in [0.25, 0.3) is 0 Å². The molecule has 1 heterocycles. The van der Waals surface area contributed by atoms with Crippen LogP contribution in [0.4, 0.5) is 0 Å². The number of nitrogens with zero attached hydrogens (tertiary/aromatic N) is 1. The minimum Gasteiger partial charge on any atom is -0.381 e. The fourth-order valence-corrected chi connectivity index (χ4v) is 3.89. The van der Waals surface area contributed by atoms with E-state index in [1.165, 1.54) is 4.31 Å². The van der Waals surface area contributed by atoms with E-state index >= 15 is 0 Å². The maximum Gasteiger partial charge on any atom is 0.243 e. The number of sulfonamides is 1. The Morgan fingerprint density at radius 1 is 1.37 bits per heavy atom. The van der Waals surface area contributed by atoms with Crippen LogP contribution in [0.2, 0.25) is 0 Å². The second-order valence-electron chi connectivity index (χ2n) is 5.28. The topological polar surface area (TPSA) is 46.6 Å². The predicted octanol–water partition coefficient (Wildman–Crippen LogP) is 1.96. The van der Waals surface area contributed by atoms with Crippen molar-refractivity contribution in [2.45, 2.75) is 25.2 Å². The Labute approximate surface area is 115 Å². The summed E-state index contributed by atoms with van der Waals surface area (Å²) in [5, 5.41) is 0. The molecule has 106 valence electrons. The fourth-order valence-electron chi connectivity index (χ4n) is 2.45. The molecule has 1 unspecified atom stereocenters. The number of hydrogen-bond acceptors (Lipinski definition) is 3. The van der Waals surface area contributed by atoms with Crippen molar-refractivity contribution in [3.05, 3.63) is 29.3 Å². The lowest BCUT2D eigenvalue weighted by molar-refractivity contribution is 0.182. The number of aryl methyl sites for hydroxylation is 2. The Balaban J connectivity index is 2.20. The Bertz CT molecular complexity index is 548. The Hall–Kier alpha value is -0.910. The monoisotopic (exact) mass is 283 g/mol. The lowest BCUT2D eigenvalue weighted by Crippen LogP contribution is -2.32. The first kappa shape index (κ1) is 14.5. The van der Waals surface area contributed by atoms with Gasteiger partial charge in [-0.05, 0) is 37.8 Å². The first-order valence-corrected chi connectivity index (χ1v) is 7.96. The molecule has 1 saturated heterocycles. The van der Waals surface area contributed by atoms with Gasteiger partial charge in [0.15, 0.2) is 0 Å². The molecule has 19 heavy (non-hydrogen) atoms. The van der Waals surface area contributed by atoms with E-state index < -0.39 is 10.0 Å². The Morgan fingerprint density at radius 2 is 2.11 bits per heavy atom. The van der Waals surface area contributed by atoms with Gasteiger partial charge in [-0.2, -0.15) is 0 Å². The fraction of sp³-hybridized carbons (Fsp3) is 0.571. The third-order valence-corrected chi connectivity index (χ3v) is 5.54. The third-order valence-electron chi connectivity index (χ3n) is 3.56. The predicted molar refractivity (Wildman–Crippen MR) is 74.7 cm³/mol. The van der Waals surface area contributed by atoms with Gasteiger partial charge < -0.3 is 4.74 Å². The largest absolute Gasteiger partial charge is 0.381 e. The van der Waals surface area contributed by atoms with Gasteiger partial charge >= 0.3 is 0 Å². The zero-order chi connectivity index (χ0) is 14.0. The van der Waals surface area contributed by atoms with Crippen LogP contribution in [-0.4, -0.2) is 39.5 Å². The van der Waals surface area contributed by atoms with E-state index in [1.54, 1.807) is 13.1 Å². The number of ether oxygens (including phenoxy) is 1. The smallest absolute Gasteiger partial charge is 0.243 e. The SMILES string of the molecule is Cc1ccc(S(=O)(=O)N(C)CC2CCOC2)c(C)c1. The molecule has 1 atom stereocenters. The highest BCUT2D eigenvalue weighted by molar-refractivity contribution is 7.89. The van der Waals surface area contributed by atoms with Crippen LogP contribution in [-0.2, 0) is 14.8 Å². The van der Waals surface area contributed by atoms with Crippen LogP contribution < -0.4 is 0 Å². The molecular formula is C14H21NO3S. The van der Waals surface area contributed by atoms with Crippen molar-refractivity contribution in [2.75, 3.05) is 26.8 Å². The van der Waals surface area contributed by atoms with Crippen LogP contribution in [0, 0.1) is 19.8 Å². The molecule has 1 aliphatic heterocycles. The zero-order valence-electron chi connectivity index (χ0n) is 11.7. The van der Waals surface area contributed by atoms with Crippen LogP contribution in [0.3, 0.4) is 0 Å². The van der Waals surface area contributed by atoms with Crippen LogP contribution in [0.15, 0.2) is 23.1 Å². The lowest BCUT2D eigenvalue weighted by atomic mass is 10.1. The second-order valence-corrected chi connectivity index (χ2v) is 7.30. The van der Waals surface area contributed by atoms with E-state index in [0.717, 1.165) is 24.2 Å². The molecule has 1 aromatic rings. The van der Waals surface area contributed by atoms with Crippen molar-refractivity contribution in [1.82, 2.24) is 4.31 Å². The van der Waals surface area contributed by atoms with E-state index in [0.29, 0.717) is 24.0 Å². The third kappa shape index (κ3) is 3.16. The number of rotatable bonds is 4. The quantitative estimate of drug-likeness (QED) is 0.848. The van der Waals surface area contributed by atoms with Gasteiger partial charge in [0.1, 0.15) is 0 Å². The number of hydrogen-bond donors (Lipinski definition) is 0. The highest BCUT2D eigenvalue weighted by Gasteiger charge is 2.26. The van der Waals surface area contributed by atoms with Crippen LogP contribution >= 0.6 is 0 Å². The normalized spacial score (nSPS) is 20.1. The second kappa shape index (κ2) is 5.61. The molecular weight excluding hydrogens is 262 g/mol. The lowest BCUT2D eigenvalue weighted by Gasteiger charge is -2.21. The number of benzene rings is 1. The average Bonchev–Trinajstić information content (AvgIpc) is 2.81. The molecule has 0 saturated carbocycles. The molecule has 5 heteroatoms. The molecule has 0 aromatic heterocycles. The minimum absolute atomic E-state index is 0.311. The summed E-state index contributed by atoms with van der Waals surface area (Å²) in [5.41, 5.74) is 1.87. The van der Waals surface area contributed by atoms with E-state index in [9.17, 15) is 8.42 Å². The van der Waals surface area contributed by atoms with Crippen molar-refractivity contribution in [3.8, 4) is 0 Å².